The standard InChI is InChI=1S/C26H38N4O5/c1-6-34-20-15-30(21-19(31)16-35-22(20)21)25(33)23(26(2,3)4)27-24(32)17-7-9-18(10-8-17)29-13-11-28(5)12-14-29/h7-10,20-23H,6,11-16H2,1-5H3,(H,27,32)/t20-,21+,22+,23?/m0/s1. The highest BCUT2D eigenvalue weighted by atomic mass is 16.6. The summed E-state index contributed by atoms with van der Waals surface area (Å²) in [5.74, 6) is -0.714. The van der Waals surface area contributed by atoms with Crippen molar-refractivity contribution in [2.45, 2.75) is 52.0 Å². The normalized spacial score (nSPS) is 26.1. The molecule has 3 aliphatic heterocycles. The minimum atomic E-state index is -0.804. The molecule has 35 heavy (non-hydrogen) atoms. The number of nitrogens with zero attached hydrogens (tertiary/aromatic N) is 3. The third-order valence-corrected chi connectivity index (χ3v) is 7.19. The number of carbonyl (C=O) groups excluding carboxylic acids is 3. The van der Waals surface area contributed by atoms with Gasteiger partial charge in [-0.1, -0.05) is 20.8 Å². The zero-order chi connectivity index (χ0) is 25.3. The largest absolute Gasteiger partial charge is 0.374 e. The molecule has 1 unspecified atom stereocenters. The first-order chi connectivity index (χ1) is 16.6. The van der Waals surface area contributed by atoms with Gasteiger partial charge in [-0.3, -0.25) is 14.4 Å². The lowest BCUT2D eigenvalue weighted by Gasteiger charge is -2.35. The van der Waals surface area contributed by atoms with Crippen molar-refractivity contribution in [1.82, 2.24) is 15.1 Å². The third kappa shape index (κ3) is 5.37. The Morgan fingerprint density at radius 3 is 2.40 bits per heavy atom. The van der Waals surface area contributed by atoms with Crippen LogP contribution in [-0.4, -0.2) is 105 Å². The lowest BCUT2D eigenvalue weighted by atomic mass is 9.85. The summed E-state index contributed by atoms with van der Waals surface area (Å²) in [5.41, 5.74) is 1.02. The SMILES string of the molecule is CCO[C@H]1CN(C(=O)C(NC(=O)c2ccc(N3CCN(C)CC3)cc2)C(C)(C)C)[C@@H]2C(=O)CO[C@H]12. The van der Waals surface area contributed by atoms with Gasteiger partial charge in [0.2, 0.25) is 5.91 Å². The van der Waals surface area contributed by atoms with E-state index in [4.69, 9.17) is 9.47 Å². The number of ether oxygens (including phenoxy) is 2. The molecule has 3 fully saturated rings. The minimum Gasteiger partial charge on any atom is -0.374 e. The van der Waals surface area contributed by atoms with Crippen LogP contribution in [0.3, 0.4) is 0 Å². The van der Waals surface area contributed by atoms with Crippen molar-refractivity contribution in [2.75, 3.05) is 57.9 Å². The van der Waals surface area contributed by atoms with Crippen LogP contribution in [0.4, 0.5) is 5.69 Å². The molecule has 0 saturated carbocycles. The number of Topliss-reactive ketones (excluding diaryl/α,β-unsaturated/α-hetero) is 1. The van der Waals surface area contributed by atoms with Gasteiger partial charge in [0, 0.05) is 44.0 Å². The average molecular weight is 487 g/mol. The van der Waals surface area contributed by atoms with Gasteiger partial charge in [-0.05, 0) is 43.7 Å². The van der Waals surface area contributed by atoms with Crippen molar-refractivity contribution in [3.8, 4) is 0 Å². The van der Waals surface area contributed by atoms with E-state index in [1.807, 2.05) is 39.8 Å². The molecule has 9 nitrogen and oxygen atoms in total. The van der Waals surface area contributed by atoms with Gasteiger partial charge in [0.1, 0.15) is 30.9 Å². The maximum atomic E-state index is 13.7. The van der Waals surface area contributed by atoms with Crippen molar-refractivity contribution in [3.05, 3.63) is 29.8 Å². The summed E-state index contributed by atoms with van der Waals surface area (Å²) in [6, 6.07) is 6.06. The lowest BCUT2D eigenvalue weighted by molar-refractivity contribution is -0.140. The van der Waals surface area contributed by atoms with Crippen LogP contribution in [-0.2, 0) is 19.1 Å². The number of amides is 2. The molecule has 0 aliphatic carbocycles. The maximum Gasteiger partial charge on any atom is 0.251 e. The van der Waals surface area contributed by atoms with Crippen LogP contribution in [0.15, 0.2) is 24.3 Å². The van der Waals surface area contributed by atoms with Gasteiger partial charge in [-0.25, -0.2) is 0 Å². The lowest BCUT2D eigenvalue weighted by Crippen LogP contribution is -2.57. The summed E-state index contributed by atoms with van der Waals surface area (Å²) >= 11 is 0. The molecule has 2 amide bonds. The summed E-state index contributed by atoms with van der Waals surface area (Å²) in [6.07, 6.45) is -0.802. The van der Waals surface area contributed by atoms with E-state index in [9.17, 15) is 14.4 Å². The fourth-order valence-corrected chi connectivity index (χ4v) is 5.12. The van der Waals surface area contributed by atoms with Crippen LogP contribution in [0, 0.1) is 5.41 Å². The Labute approximate surface area is 207 Å². The average Bonchev–Trinajstić information content (AvgIpc) is 3.38. The number of benzene rings is 1. The maximum absolute atomic E-state index is 13.7. The van der Waals surface area contributed by atoms with Crippen LogP contribution in [0.1, 0.15) is 38.1 Å². The second-order valence-electron chi connectivity index (χ2n) is 10.8. The Hall–Kier alpha value is -2.49. The fourth-order valence-electron chi connectivity index (χ4n) is 5.12. The van der Waals surface area contributed by atoms with Crippen molar-refractivity contribution < 1.29 is 23.9 Å². The molecule has 1 aromatic carbocycles. The van der Waals surface area contributed by atoms with Gasteiger partial charge in [-0.15, -0.1) is 0 Å². The van der Waals surface area contributed by atoms with Crippen LogP contribution >= 0.6 is 0 Å². The van der Waals surface area contributed by atoms with Crippen LogP contribution in [0.5, 0.6) is 0 Å². The summed E-state index contributed by atoms with van der Waals surface area (Å²) in [4.78, 5) is 45.6. The number of nitrogens with one attached hydrogen (secondary N) is 1. The molecule has 192 valence electrons. The summed E-state index contributed by atoms with van der Waals surface area (Å²) in [6.45, 7) is 12.2. The van der Waals surface area contributed by atoms with Gasteiger partial charge in [0.25, 0.3) is 5.91 Å². The molecule has 3 aliphatic rings. The fraction of sp³-hybridized carbons (Fsp3) is 0.654. The Morgan fingerprint density at radius 2 is 1.80 bits per heavy atom. The van der Waals surface area contributed by atoms with E-state index >= 15 is 0 Å². The number of rotatable bonds is 6. The Balaban J connectivity index is 1.48. The predicted molar refractivity (Wildman–Crippen MR) is 133 cm³/mol. The molecular weight excluding hydrogens is 448 g/mol. The van der Waals surface area contributed by atoms with E-state index < -0.39 is 23.6 Å². The quantitative estimate of drug-likeness (QED) is 0.645. The molecular formula is C26H38N4O5. The highest BCUT2D eigenvalue weighted by molar-refractivity contribution is 5.99. The monoisotopic (exact) mass is 486 g/mol. The number of anilines is 1. The topological polar surface area (TPSA) is 91.4 Å². The van der Waals surface area contributed by atoms with E-state index in [1.165, 1.54) is 0 Å². The molecule has 0 aromatic heterocycles. The van der Waals surface area contributed by atoms with E-state index in [1.54, 1.807) is 17.0 Å². The van der Waals surface area contributed by atoms with E-state index in [2.05, 4.69) is 22.2 Å². The van der Waals surface area contributed by atoms with Crippen molar-refractivity contribution in [3.63, 3.8) is 0 Å². The molecule has 3 saturated heterocycles. The molecule has 3 heterocycles. The van der Waals surface area contributed by atoms with Crippen molar-refractivity contribution in [1.29, 1.82) is 0 Å². The molecule has 4 rings (SSSR count). The first-order valence-electron chi connectivity index (χ1n) is 12.5. The number of carbonyl (C=O) groups is 3. The smallest absolute Gasteiger partial charge is 0.251 e. The van der Waals surface area contributed by atoms with Crippen LogP contribution in [0.2, 0.25) is 0 Å². The molecule has 0 radical (unpaired) electrons. The van der Waals surface area contributed by atoms with Crippen LogP contribution in [0.25, 0.3) is 0 Å². The number of piperazine rings is 1. The van der Waals surface area contributed by atoms with Gasteiger partial charge >= 0.3 is 0 Å². The number of fused-ring (bicyclic) bond motifs is 1. The number of ketones is 1. The van der Waals surface area contributed by atoms with Crippen molar-refractivity contribution in [2.24, 2.45) is 5.41 Å². The van der Waals surface area contributed by atoms with Gasteiger partial charge in [0.05, 0.1) is 6.54 Å². The first kappa shape index (κ1) is 25.6. The van der Waals surface area contributed by atoms with E-state index in [-0.39, 0.29) is 36.9 Å². The molecule has 4 atom stereocenters. The second-order valence-corrected chi connectivity index (χ2v) is 10.8. The van der Waals surface area contributed by atoms with E-state index in [0.717, 1.165) is 31.9 Å². The van der Waals surface area contributed by atoms with E-state index in [0.29, 0.717) is 12.2 Å². The Bertz CT molecular complexity index is 936. The van der Waals surface area contributed by atoms with Gasteiger partial charge in [-0.2, -0.15) is 0 Å². The molecule has 0 bridgehead atoms. The van der Waals surface area contributed by atoms with Gasteiger partial charge < -0.3 is 29.5 Å². The zero-order valence-electron chi connectivity index (χ0n) is 21.5. The zero-order valence-corrected chi connectivity index (χ0v) is 21.5. The molecule has 0 spiro atoms. The summed E-state index contributed by atoms with van der Waals surface area (Å²) in [7, 11) is 2.12. The van der Waals surface area contributed by atoms with Crippen molar-refractivity contribution >= 4 is 23.3 Å². The Kier molecular flexibility index (Phi) is 7.49. The number of likely N-dealkylation sites (N-methyl/N-ethyl adjacent to an activating group) is 1. The summed E-state index contributed by atoms with van der Waals surface area (Å²) < 4.78 is 11.4. The van der Waals surface area contributed by atoms with Crippen LogP contribution < -0.4 is 10.2 Å². The molecule has 9 heteroatoms. The highest BCUT2D eigenvalue weighted by Gasteiger charge is 2.54. The number of likely N-dealkylation sites (tertiary alicyclic amines) is 1. The Morgan fingerprint density at radius 1 is 1.14 bits per heavy atom. The number of hydrogen-bond acceptors (Lipinski definition) is 7. The predicted octanol–water partition coefficient (Wildman–Crippen LogP) is 1.17. The molecule has 1 N–H and O–H groups in total. The second kappa shape index (κ2) is 10.2. The van der Waals surface area contributed by atoms with Gasteiger partial charge in [0.15, 0.2) is 5.78 Å². The first-order valence-corrected chi connectivity index (χ1v) is 12.5. The number of hydrogen-bond donors (Lipinski definition) is 1. The highest BCUT2D eigenvalue weighted by Crippen LogP contribution is 2.32. The third-order valence-electron chi connectivity index (χ3n) is 7.19. The minimum absolute atomic E-state index is 0.0190. The summed E-state index contributed by atoms with van der Waals surface area (Å²) in [5, 5.41) is 2.95. The molecule has 1 aromatic rings.